The molecule has 0 bridgehead atoms. The van der Waals surface area contributed by atoms with Gasteiger partial charge in [0.2, 0.25) is 5.69 Å². The zero-order valence-electron chi connectivity index (χ0n) is 26.5. The van der Waals surface area contributed by atoms with Gasteiger partial charge in [0.15, 0.2) is 29.1 Å². The van der Waals surface area contributed by atoms with Gasteiger partial charge in [0.25, 0.3) is 0 Å². The van der Waals surface area contributed by atoms with Gasteiger partial charge in [0, 0.05) is 16.7 Å². The fourth-order valence-electron chi connectivity index (χ4n) is 5.44. The number of nitrogens with zero attached hydrogens (tertiary/aromatic N) is 14. The Bertz CT molecular complexity index is 2960. The van der Waals surface area contributed by atoms with Crippen LogP contribution in [0.3, 0.4) is 0 Å². The Kier molecular flexibility index (Phi) is 8.02. The van der Waals surface area contributed by atoms with E-state index in [2.05, 4.69) is 45.6 Å². The van der Waals surface area contributed by atoms with Crippen LogP contribution in [0.15, 0.2) is 110 Å². The monoisotopic (exact) mass is 682 g/mol. The number of rotatable bonds is 4. The van der Waals surface area contributed by atoms with E-state index in [1.54, 1.807) is 72.8 Å². The quantitative estimate of drug-likeness (QED) is 0.193. The summed E-state index contributed by atoms with van der Waals surface area (Å²) >= 11 is 0. The van der Waals surface area contributed by atoms with Crippen LogP contribution in [0.4, 0.5) is 10.1 Å². The minimum atomic E-state index is -0.659. The van der Waals surface area contributed by atoms with E-state index in [4.69, 9.17) is 34.9 Å². The van der Waals surface area contributed by atoms with Crippen LogP contribution >= 0.6 is 0 Å². The van der Waals surface area contributed by atoms with Gasteiger partial charge in [0.1, 0.15) is 23.3 Å². The summed E-state index contributed by atoms with van der Waals surface area (Å²) in [5.41, 5.74) is 1.32. The fourth-order valence-corrected chi connectivity index (χ4v) is 5.44. The predicted molar refractivity (Wildman–Crippen MR) is 180 cm³/mol. The Morgan fingerprint density at radius 1 is 0.585 bits per heavy atom. The van der Waals surface area contributed by atoms with Crippen molar-refractivity contribution in [3.8, 4) is 69.6 Å². The maximum absolute atomic E-state index is 14.4. The lowest BCUT2D eigenvalue weighted by Crippen LogP contribution is -2.26. The van der Waals surface area contributed by atoms with Crippen LogP contribution < -0.4 is 21.4 Å². The third kappa shape index (κ3) is 5.54. The van der Waals surface area contributed by atoms with Crippen molar-refractivity contribution in [2.24, 2.45) is 20.0 Å². The Balaban J connectivity index is 1.46. The van der Waals surface area contributed by atoms with Gasteiger partial charge in [-0.25, -0.2) is 64.4 Å². The number of aromatic nitrogens is 3. The normalized spacial score (nSPS) is 13.5. The standard InChI is InChI=1S/C38H11FN14/c1-44-29(17-42)37-47-27-12-10-23(25(16-41)31(27)49-37)35-51-34(20-6-4-19(5-7-20)21-8-9-22(15-40)26(39)14-21)52-36(53-35)24-11-13-28-33(32(24)46-3)50-38(48-28)30(18-43)45-2/h4-14H/b37-29+,38-30-. The van der Waals surface area contributed by atoms with Crippen molar-refractivity contribution >= 4 is 5.69 Å². The molecule has 1 aromatic heterocycles. The highest BCUT2D eigenvalue weighted by atomic mass is 19.1. The van der Waals surface area contributed by atoms with Crippen molar-refractivity contribution < 1.29 is 4.39 Å². The molecule has 7 rings (SSSR count). The number of fused-ring (bicyclic) bond motifs is 2. The summed E-state index contributed by atoms with van der Waals surface area (Å²) < 4.78 is 14.4. The summed E-state index contributed by atoms with van der Waals surface area (Å²) in [7, 11) is 0. The molecular formula is C38H11FN14. The van der Waals surface area contributed by atoms with E-state index < -0.39 is 5.82 Å². The lowest BCUT2D eigenvalue weighted by Gasteiger charge is -2.11. The minimum Gasteiger partial charge on any atom is -0.250 e. The van der Waals surface area contributed by atoms with Gasteiger partial charge in [0.05, 0.1) is 59.1 Å². The Morgan fingerprint density at radius 3 is 1.70 bits per heavy atom. The molecule has 2 aliphatic rings. The maximum Gasteiger partial charge on any atom is 0.305 e. The topological polar surface area (TPSA) is 196 Å². The molecular weight excluding hydrogens is 672 g/mol. The first-order valence-corrected chi connectivity index (χ1v) is 14.9. The molecule has 14 nitrogen and oxygen atoms in total. The molecule has 0 fully saturated rings. The average molecular weight is 683 g/mol. The second kappa shape index (κ2) is 13.1. The molecule has 240 valence electrons. The first-order chi connectivity index (χ1) is 25.8. The van der Waals surface area contributed by atoms with Gasteiger partial charge < -0.3 is 0 Å². The summed E-state index contributed by atoms with van der Waals surface area (Å²) in [6, 6.07) is 24.7. The molecule has 0 radical (unpaired) electrons. The predicted octanol–water partition coefficient (Wildman–Crippen LogP) is 4.70. The number of hydrogen-bond acceptors (Lipinski definition) is 11. The van der Waals surface area contributed by atoms with Crippen LogP contribution in [-0.2, 0) is 0 Å². The molecule has 0 aliphatic carbocycles. The van der Waals surface area contributed by atoms with Crippen molar-refractivity contribution in [2.75, 3.05) is 0 Å². The first-order valence-electron chi connectivity index (χ1n) is 14.9. The number of benzene rings is 4. The van der Waals surface area contributed by atoms with Crippen molar-refractivity contribution in [1.29, 1.82) is 21.0 Å². The van der Waals surface area contributed by atoms with Crippen LogP contribution in [0.25, 0.3) is 59.8 Å². The average Bonchev–Trinajstić information content (AvgIpc) is 3.83. The Morgan fingerprint density at radius 2 is 1.13 bits per heavy atom. The van der Waals surface area contributed by atoms with E-state index in [0.29, 0.717) is 16.7 Å². The van der Waals surface area contributed by atoms with E-state index in [1.807, 2.05) is 0 Å². The minimum absolute atomic E-state index is 0.00831. The van der Waals surface area contributed by atoms with Gasteiger partial charge in [-0.2, -0.15) is 10.5 Å². The van der Waals surface area contributed by atoms with E-state index in [0.717, 1.165) is 0 Å². The smallest absolute Gasteiger partial charge is 0.250 e. The van der Waals surface area contributed by atoms with Crippen LogP contribution in [-0.4, -0.2) is 15.0 Å². The molecule has 0 saturated carbocycles. The summed E-state index contributed by atoms with van der Waals surface area (Å²) in [6.07, 6.45) is 0. The van der Waals surface area contributed by atoms with Crippen LogP contribution in [0, 0.1) is 70.9 Å². The van der Waals surface area contributed by atoms with Crippen molar-refractivity contribution in [1.82, 2.24) is 15.0 Å². The molecule has 0 N–H and O–H groups in total. The Labute approximate surface area is 297 Å². The van der Waals surface area contributed by atoms with E-state index in [1.165, 1.54) is 12.1 Å². The Hall–Kier alpha value is -9.07. The van der Waals surface area contributed by atoms with Gasteiger partial charge in [-0.15, -0.1) is 0 Å². The highest BCUT2D eigenvalue weighted by Gasteiger charge is 2.22. The molecule has 4 aromatic carbocycles. The molecule has 5 aromatic rings. The lowest BCUT2D eigenvalue weighted by atomic mass is 10.0. The fraction of sp³-hybridized carbons (Fsp3) is 0. The summed E-state index contributed by atoms with van der Waals surface area (Å²) in [5, 5.41) is 38.9. The van der Waals surface area contributed by atoms with E-state index >= 15 is 0 Å². The molecule has 0 amide bonds. The summed E-state index contributed by atoms with van der Waals surface area (Å²) in [5.74, 6) is -0.761. The SMILES string of the molecule is [C-]#[N+]/C(C#N)=C1/N=c2ccc(-c3nc(-c4ccc(-c5ccc(C#N)c(F)c5)cc4)nc(-c4ccc5c(c4C#N)=N/C(=C(\C#N)[N+]#[C-])N=5)n3)c([N+]#[C-])c2=N1. The third-order valence-corrected chi connectivity index (χ3v) is 7.94. The molecule has 15 heteroatoms. The highest BCUT2D eigenvalue weighted by molar-refractivity contribution is 5.78. The van der Waals surface area contributed by atoms with Crippen molar-refractivity contribution in [3.63, 3.8) is 0 Å². The van der Waals surface area contributed by atoms with Gasteiger partial charge in [-0.05, 0) is 41.5 Å². The van der Waals surface area contributed by atoms with Gasteiger partial charge >= 0.3 is 11.4 Å². The number of hydrogen-bond donors (Lipinski definition) is 0. The van der Waals surface area contributed by atoms with Crippen molar-refractivity contribution in [2.45, 2.75) is 0 Å². The largest absolute Gasteiger partial charge is 0.305 e. The summed E-state index contributed by atoms with van der Waals surface area (Å²) in [4.78, 5) is 41.2. The first kappa shape index (κ1) is 32.5. The number of nitriles is 4. The molecule has 0 atom stereocenters. The molecule has 0 saturated heterocycles. The zero-order chi connectivity index (χ0) is 37.2. The third-order valence-electron chi connectivity index (χ3n) is 7.94. The molecule has 53 heavy (non-hydrogen) atoms. The second-order valence-electron chi connectivity index (χ2n) is 10.8. The highest BCUT2D eigenvalue weighted by Crippen LogP contribution is 2.31. The van der Waals surface area contributed by atoms with Crippen LogP contribution in [0.1, 0.15) is 11.1 Å². The molecule has 3 heterocycles. The molecule has 0 spiro atoms. The van der Waals surface area contributed by atoms with Crippen molar-refractivity contribution in [3.05, 3.63) is 162 Å². The molecule has 2 aliphatic heterocycles. The summed E-state index contributed by atoms with van der Waals surface area (Å²) in [6.45, 7) is 22.6. The van der Waals surface area contributed by atoms with Crippen LogP contribution in [0.5, 0.6) is 0 Å². The molecule has 0 unspecified atom stereocenters. The lowest BCUT2D eigenvalue weighted by molar-refractivity contribution is 0.624. The second-order valence-corrected chi connectivity index (χ2v) is 10.8. The zero-order valence-corrected chi connectivity index (χ0v) is 26.5. The van der Waals surface area contributed by atoms with E-state index in [-0.39, 0.29) is 89.9 Å². The van der Waals surface area contributed by atoms with Gasteiger partial charge in [-0.3, -0.25) is 0 Å². The van der Waals surface area contributed by atoms with E-state index in [9.17, 15) is 20.2 Å². The number of halogens is 1. The van der Waals surface area contributed by atoms with Gasteiger partial charge in [-0.1, -0.05) is 36.4 Å². The van der Waals surface area contributed by atoms with Crippen LogP contribution in [0.2, 0.25) is 0 Å². The number of allylic oxidation sites excluding steroid dienone is 2. The maximum atomic E-state index is 14.4.